The minimum absolute atomic E-state index is 0.0645. The molecule has 1 unspecified atom stereocenters. The Morgan fingerprint density at radius 1 is 1.19 bits per heavy atom. The lowest BCUT2D eigenvalue weighted by atomic mass is 9.61. The van der Waals surface area contributed by atoms with Gasteiger partial charge in [-0.1, -0.05) is 38.0 Å². The Balaban J connectivity index is 1.79. The van der Waals surface area contributed by atoms with Crippen LogP contribution in [0.15, 0.2) is 36.4 Å². The number of carbonyl (C=O) groups excluding carboxylic acids is 1. The number of esters is 1. The van der Waals surface area contributed by atoms with Crippen molar-refractivity contribution in [3.8, 4) is 5.75 Å². The van der Waals surface area contributed by atoms with Crippen molar-refractivity contribution in [2.75, 3.05) is 7.11 Å². The fraction of sp³-hybridized carbons (Fsp3) is 0.552. The van der Waals surface area contributed by atoms with Crippen LogP contribution in [0.5, 0.6) is 5.75 Å². The summed E-state index contributed by atoms with van der Waals surface area (Å²) >= 11 is 0. The number of rotatable bonds is 8. The Hall–Kier alpha value is -2.93. The first-order valence-electron chi connectivity index (χ1n) is 13.0. The number of nitro benzene ring substituents is 1. The number of hydrogen-bond acceptors (Lipinski definition) is 6. The summed E-state index contributed by atoms with van der Waals surface area (Å²) in [5, 5.41) is 22.4. The predicted octanol–water partition coefficient (Wildman–Crippen LogP) is 5.88. The lowest BCUT2D eigenvalue weighted by Gasteiger charge is -2.51. The van der Waals surface area contributed by atoms with Gasteiger partial charge in [0.1, 0.15) is 11.4 Å². The van der Waals surface area contributed by atoms with Crippen LogP contribution in [0.2, 0.25) is 0 Å². The number of hydrogen-bond donors (Lipinski definition) is 1. The van der Waals surface area contributed by atoms with Crippen LogP contribution in [-0.4, -0.2) is 34.3 Å². The van der Waals surface area contributed by atoms with E-state index in [9.17, 15) is 20.0 Å². The van der Waals surface area contributed by atoms with E-state index >= 15 is 0 Å². The van der Waals surface area contributed by atoms with Crippen molar-refractivity contribution >= 4 is 11.7 Å². The first-order valence-corrected chi connectivity index (χ1v) is 13.0. The smallest absolute Gasteiger partial charge is 0.337 e. The fourth-order valence-corrected chi connectivity index (χ4v) is 6.15. The van der Waals surface area contributed by atoms with Crippen molar-refractivity contribution in [3.05, 3.63) is 68.8 Å². The molecule has 1 aliphatic carbocycles. The standard InChI is InChI=1S/C29H37NO6/c1-5-6-7-8-20-16-21(15-19-9-11-22(12-10-19)30(33)34)26-23-18-29(32,27(31)35-4)14-13-24(23)28(2,3)36-25(26)17-20/h9-12,16-17,23-24,32H,5-8,13-15,18H2,1-4H3/t23-,24-,29?/m1/s1. The van der Waals surface area contributed by atoms with Crippen LogP contribution < -0.4 is 4.74 Å². The summed E-state index contributed by atoms with van der Waals surface area (Å²) in [7, 11) is 1.32. The van der Waals surface area contributed by atoms with E-state index in [1.807, 2.05) is 0 Å². The molecule has 2 aliphatic rings. The van der Waals surface area contributed by atoms with Gasteiger partial charge in [0.25, 0.3) is 5.69 Å². The molecule has 1 N–H and O–H groups in total. The Morgan fingerprint density at radius 2 is 1.92 bits per heavy atom. The lowest BCUT2D eigenvalue weighted by molar-refractivity contribution is -0.384. The van der Waals surface area contributed by atoms with E-state index in [1.54, 1.807) is 12.1 Å². The summed E-state index contributed by atoms with van der Waals surface area (Å²) in [4.78, 5) is 23.3. The molecule has 0 bridgehead atoms. The van der Waals surface area contributed by atoms with Crippen molar-refractivity contribution in [1.29, 1.82) is 0 Å². The van der Waals surface area contributed by atoms with Gasteiger partial charge >= 0.3 is 5.97 Å². The third-order valence-corrected chi connectivity index (χ3v) is 8.01. The van der Waals surface area contributed by atoms with Crippen molar-refractivity contribution in [2.24, 2.45) is 5.92 Å². The minimum atomic E-state index is -1.52. The first kappa shape index (κ1) is 26.1. The molecule has 0 aromatic heterocycles. The number of carbonyl (C=O) groups is 1. The molecular formula is C29H37NO6. The second-order valence-electron chi connectivity index (χ2n) is 10.9. The average Bonchev–Trinajstić information content (AvgIpc) is 2.83. The van der Waals surface area contributed by atoms with Gasteiger partial charge in [-0.15, -0.1) is 0 Å². The van der Waals surface area contributed by atoms with E-state index in [0.29, 0.717) is 19.3 Å². The Labute approximate surface area is 213 Å². The highest BCUT2D eigenvalue weighted by molar-refractivity contribution is 5.79. The van der Waals surface area contributed by atoms with Crippen molar-refractivity contribution in [1.82, 2.24) is 0 Å². The second kappa shape index (κ2) is 10.2. The predicted molar refractivity (Wildman–Crippen MR) is 137 cm³/mol. The highest BCUT2D eigenvalue weighted by atomic mass is 16.6. The van der Waals surface area contributed by atoms with Gasteiger partial charge in [-0.25, -0.2) is 4.79 Å². The maximum atomic E-state index is 12.5. The maximum Gasteiger partial charge on any atom is 0.337 e. The molecule has 0 spiro atoms. The third-order valence-electron chi connectivity index (χ3n) is 8.01. The van der Waals surface area contributed by atoms with Gasteiger partial charge in [-0.05, 0) is 81.0 Å². The van der Waals surface area contributed by atoms with Crippen LogP contribution in [0, 0.1) is 16.0 Å². The van der Waals surface area contributed by atoms with Crippen LogP contribution in [0.3, 0.4) is 0 Å². The van der Waals surface area contributed by atoms with E-state index in [2.05, 4.69) is 32.9 Å². The highest BCUT2D eigenvalue weighted by Gasteiger charge is 2.53. The van der Waals surface area contributed by atoms with Gasteiger partial charge in [0.15, 0.2) is 5.60 Å². The number of unbranched alkanes of at least 4 members (excludes halogenated alkanes) is 2. The van der Waals surface area contributed by atoms with Gasteiger partial charge in [0.05, 0.1) is 12.0 Å². The molecule has 2 aromatic rings. The van der Waals surface area contributed by atoms with E-state index in [1.165, 1.54) is 24.8 Å². The largest absolute Gasteiger partial charge is 0.487 e. The molecule has 0 radical (unpaired) electrons. The van der Waals surface area contributed by atoms with Crippen molar-refractivity contribution < 1.29 is 24.3 Å². The number of methoxy groups -OCH3 is 1. The summed E-state index contributed by atoms with van der Waals surface area (Å²) < 4.78 is 11.6. The number of benzene rings is 2. The molecular weight excluding hydrogens is 458 g/mol. The van der Waals surface area contributed by atoms with Crippen LogP contribution in [-0.2, 0) is 22.4 Å². The van der Waals surface area contributed by atoms with Gasteiger partial charge in [0, 0.05) is 23.6 Å². The second-order valence-corrected chi connectivity index (χ2v) is 10.9. The van der Waals surface area contributed by atoms with E-state index < -0.39 is 22.1 Å². The van der Waals surface area contributed by atoms with Gasteiger partial charge in [-0.3, -0.25) is 10.1 Å². The number of aryl methyl sites for hydroxylation is 1. The topological polar surface area (TPSA) is 98.9 Å². The zero-order valence-corrected chi connectivity index (χ0v) is 21.7. The molecule has 1 fully saturated rings. The quantitative estimate of drug-likeness (QED) is 0.213. The van der Waals surface area contributed by atoms with Crippen LogP contribution in [0.4, 0.5) is 5.69 Å². The molecule has 7 heteroatoms. The third kappa shape index (κ3) is 5.12. The normalized spacial score (nSPS) is 24.2. The molecule has 0 saturated heterocycles. The molecule has 3 atom stereocenters. The molecule has 36 heavy (non-hydrogen) atoms. The minimum Gasteiger partial charge on any atom is -0.487 e. The van der Waals surface area contributed by atoms with Crippen LogP contribution in [0.25, 0.3) is 0 Å². The Morgan fingerprint density at radius 3 is 2.56 bits per heavy atom. The molecule has 2 aromatic carbocycles. The number of aliphatic hydroxyl groups is 1. The van der Waals surface area contributed by atoms with Crippen molar-refractivity contribution in [3.63, 3.8) is 0 Å². The fourth-order valence-electron chi connectivity index (χ4n) is 6.15. The van der Waals surface area contributed by atoms with Crippen molar-refractivity contribution in [2.45, 2.75) is 89.3 Å². The number of fused-ring (bicyclic) bond motifs is 3. The first-order chi connectivity index (χ1) is 17.1. The number of nitrogens with zero attached hydrogens (tertiary/aromatic N) is 1. The van der Waals surface area contributed by atoms with Gasteiger partial charge < -0.3 is 14.6 Å². The summed E-state index contributed by atoms with van der Waals surface area (Å²) in [6.07, 6.45) is 6.19. The van der Waals surface area contributed by atoms with Crippen LogP contribution in [0.1, 0.15) is 87.5 Å². The van der Waals surface area contributed by atoms with E-state index in [4.69, 9.17) is 9.47 Å². The summed E-state index contributed by atoms with van der Waals surface area (Å²) in [6, 6.07) is 11.0. The number of ether oxygens (including phenoxy) is 2. The molecule has 1 aliphatic heterocycles. The molecule has 1 saturated carbocycles. The van der Waals surface area contributed by atoms with E-state index in [0.717, 1.165) is 48.1 Å². The Kier molecular flexibility index (Phi) is 7.41. The Bertz CT molecular complexity index is 1130. The average molecular weight is 496 g/mol. The zero-order valence-electron chi connectivity index (χ0n) is 21.7. The monoisotopic (exact) mass is 495 g/mol. The highest BCUT2D eigenvalue weighted by Crippen LogP contribution is 2.55. The van der Waals surface area contributed by atoms with Gasteiger partial charge in [-0.2, -0.15) is 0 Å². The zero-order chi connectivity index (χ0) is 26.1. The number of non-ortho nitro benzene ring substituents is 1. The molecule has 0 amide bonds. The lowest BCUT2D eigenvalue weighted by Crippen LogP contribution is -2.53. The summed E-state index contributed by atoms with van der Waals surface area (Å²) in [5.41, 5.74) is 2.40. The SMILES string of the molecule is CCCCCc1cc(Cc2ccc([N+](=O)[O-])cc2)c2c(c1)OC(C)(C)[C@@H]1CCC(O)(C(=O)OC)C[C@@H]21. The van der Waals surface area contributed by atoms with Gasteiger partial charge in [0.2, 0.25) is 0 Å². The molecule has 4 rings (SSSR count). The molecule has 1 heterocycles. The number of nitro groups is 1. The molecule has 194 valence electrons. The maximum absolute atomic E-state index is 12.5. The summed E-state index contributed by atoms with van der Waals surface area (Å²) in [6.45, 7) is 6.37. The van der Waals surface area contributed by atoms with E-state index in [-0.39, 0.29) is 23.9 Å². The summed E-state index contributed by atoms with van der Waals surface area (Å²) in [5.74, 6) is 0.303. The molecule has 7 nitrogen and oxygen atoms in total. The van der Waals surface area contributed by atoms with Crippen LogP contribution >= 0.6 is 0 Å².